The maximum atomic E-state index is 13.4. The Morgan fingerprint density at radius 2 is 1.93 bits per heavy atom. The van der Waals surface area contributed by atoms with Crippen LogP contribution >= 0.6 is 0 Å². The number of nitrogens with zero attached hydrogens (tertiary/aromatic N) is 2. The molecule has 1 N–H and O–H groups in total. The van der Waals surface area contributed by atoms with Gasteiger partial charge in [-0.2, -0.15) is 0 Å². The summed E-state index contributed by atoms with van der Waals surface area (Å²) >= 11 is 0. The summed E-state index contributed by atoms with van der Waals surface area (Å²) in [7, 11) is 0. The Bertz CT molecular complexity index is 784. The van der Waals surface area contributed by atoms with E-state index in [1.54, 1.807) is 12.5 Å². The van der Waals surface area contributed by atoms with E-state index in [1.165, 1.54) is 0 Å². The molecule has 30 heavy (non-hydrogen) atoms. The van der Waals surface area contributed by atoms with Crippen molar-refractivity contribution in [3.05, 3.63) is 18.7 Å². The largest absolute Gasteiger partial charge is 0.384 e. The third-order valence-corrected chi connectivity index (χ3v) is 9.74. The molecule has 166 valence electrons. The van der Waals surface area contributed by atoms with Gasteiger partial charge in [0.2, 0.25) is 0 Å². The van der Waals surface area contributed by atoms with E-state index in [0.29, 0.717) is 36.0 Å². The fourth-order valence-corrected chi connectivity index (χ4v) is 8.31. The zero-order chi connectivity index (χ0) is 21.1. The van der Waals surface area contributed by atoms with E-state index in [4.69, 9.17) is 0 Å². The van der Waals surface area contributed by atoms with Crippen molar-refractivity contribution in [1.82, 2.24) is 9.55 Å². The van der Waals surface area contributed by atoms with Crippen molar-refractivity contribution >= 4 is 5.78 Å². The van der Waals surface area contributed by atoms with Crippen molar-refractivity contribution in [2.75, 3.05) is 0 Å². The number of alkyl halides is 2. The molecule has 1 heterocycles. The molecule has 4 aliphatic rings. The average molecular weight is 421 g/mol. The molecule has 0 spiro atoms. The maximum Gasteiger partial charge on any atom is 0.266 e. The molecule has 0 amide bonds. The minimum absolute atomic E-state index is 0.0735. The summed E-state index contributed by atoms with van der Waals surface area (Å²) in [6.45, 7) is 2.76. The van der Waals surface area contributed by atoms with Crippen LogP contribution in [0.25, 0.3) is 0 Å². The number of rotatable bonds is 4. The van der Waals surface area contributed by atoms with E-state index in [1.807, 2.05) is 10.8 Å². The molecule has 8 atom stereocenters. The number of imidazole rings is 1. The van der Waals surface area contributed by atoms with Gasteiger partial charge in [-0.05, 0) is 92.8 Å². The van der Waals surface area contributed by atoms with E-state index in [2.05, 4.69) is 11.9 Å². The molecule has 4 fully saturated rings. The topological polar surface area (TPSA) is 55.1 Å². The lowest BCUT2D eigenvalue weighted by atomic mass is 9.49. The summed E-state index contributed by atoms with van der Waals surface area (Å²) in [5.74, 6) is 2.96. The number of fused-ring (bicyclic) bond motifs is 5. The minimum Gasteiger partial charge on any atom is -0.384 e. The lowest BCUT2D eigenvalue weighted by Crippen LogP contribution is -2.53. The summed E-state index contributed by atoms with van der Waals surface area (Å²) in [5, 5.41) is 10.4. The molecule has 0 radical (unpaired) electrons. The van der Waals surface area contributed by atoms with Gasteiger partial charge in [0.25, 0.3) is 6.43 Å². The van der Waals surface area contributed by atoms with Crippen LogP contribution in [0.5, 0.6) is 0 Å². The van der Waals surface area contributed by atoms with E-state index in [0.717, 1.165) is 44.9 Å². The molecular formula is C24H34F2N2O2. The standard InChI is InChI=1S/C24H34F2N2O2/c1-23-8-6-17-16-7-9-24(30,22(25)26)12-15(16)2-3-18(17)19(23)4-5-20(23)21(29)13-28-11-10-27-14-28/h10-11,14-20,22,30H,2-9,12-13H2,1H3/t15-,16+,17-,18-,19+,20-,23+,24-/m1/s1. The van der Waals surface area contributed by atoms with E-state index in [9.17, 15) is 18.7 Å². The van der Waals surface area contributed by atoms with E-state index >= 15 is 0 Å². The Labute approximate surface area is 177 Å². The first-order valence-corrected chi connectivity index (χ1v) is 11.8. The number of aliphatic hydroxyl groups is 1. The average Bonchev–Trinajstić information content (AvgIpc) is 3.34. The third kappa shape index (κ3) is 3.16. The molecular weight excluding hydrogens is 386 g/mol. The minimum atomic E-state index is -2.64. The Kier molecular flexibility index (Phi) is 5.07. The van der Waals surface area contributed by atoms with Crippen LogP contribution in [0, 0.1) is 40.9 Å². The van der Waals surface area contributed by atoms with Gasteiger partial charge in [-0.15, -0.1) is 0 Å². The summed E-state index contributed by atoms with van der Waals surface area (Å²) < 4.78 is 28.7. The fraction of sp³-hybridized carbons (Fsp3) is 0.833. The lowest BCUT2D eigenvalue weighted by Gasteiger charge is -2.57. The van der Waals surface area contributed by atoms with Crippen LogP contribution in [0.3, 0.4) is 0 Å². The SMILES string of the molecule is C[C@]12CC[C@H]3[C@@H](CC[C@@H]4C[C@@](O)(C(F)F)CC[C@@H]43)[C@@H]1CC[C@@H]2C(=O)Cn1ccnc1. The Hall–Kier alpha value is -1.30. The summed E-state index contributed by atoms with van der Waals surface area (Å²) in [6.07, 6.45) is 10.2. The molecule has 4 nitrogen and oxygen atoms in total. The molecule has 1 aromatic rings. The zero-order valence-electron chi connectivity index (χ0n) is 17.9. The van der Waals surface area contributed by atoms with Gasteiger partial charge in [0.15, 0.2) is 5.78 Å². The number of hydrogen-bond acceptors (Lipinski definition) is 3. The summed E-state index contributed by atoms with van der Waals surface area (Å²) in [6, 6.07) is 0. The van der Waals surface area contributed by atoms with Crippen LogP contribution in [0.1, 0.15) is 64.7 Å². The predicted molar refractivity (Wildman–Crippen MR) is 109 cm³/mol. The van der Waals surface area contributed by atoms with Gasteiger partial charge in [0.05, 0.1) is 12.9 Å². The van der Waals surface area contributed by atoms with Gasteiger partial charge in [-0.25, -0.2) is 13.8 Å². The molecule has 4 saturated carbocycles. The molecule has 0 aliphatic heterocycles. The van der Waals surface area contributed by atoms with Gasteiger partial charge < -0.3 is 9.67 Å². The lowest BCUT2D eigenvalue weighted by molar-refractivity contribution is -0.160. The van der Waals surface area contributed by atoms with Gasteiger partial charge in [0.1, 0.15) is 5.60 Å². The van der Waals surface area contributed by atoms with Crippen LogP contribution in [0.15, 0.2) is 18.7 Å². The molecule has 5 rings (SSSR count). The highest BCUT2D eigenvalue weighted by Crippen LogP contribution is 2.64. The number of hydrogen-bond donors (Lipinski definition) is 1. The number of halogens is 2. The van der Waals surface area contributed by atoms with Crippen molar-refractivity contribution in [1.29, 1.82) is 0 Å². The number of aromatic nitrogens is 2. The molecule has 1 aromatic heterocycles. The number of carbonyl (C=O) groups excluding carboxylic acids is 1. The van der Waals surface area contributed by atoms with Crippen molar-refractivity contribution in [3.8, 4) is 0 Å². The third-order valence-electron chi connectivity index (χ3n) is 9.74. The highest BCUT2D eigenvalue weighted by atomic mass is 19.3. The molecule has 0 aromatic carbocycles. The quantitative estimate of drug-likeness (QED) is 0.767. The highest BCUT2D eigenvalue weighted by Gasteiger charge is 2.59. The molecule has 0 unspecified atom stereocenters. The van der Waals surface area contributed by atoms with Crippen LogP contribution in [-0.2, 0) is 11.3 Å². The molecule has 0 saturated heterocycles. The van der Waals surface area contributed by atoms with Crippen LogP contribution in [0.2, 0.25) is 0 Å². The number of carbonyl (C=O) groups is 1. The van der Waals surface area contributed by atoms with Crippen LogP contribution in [0.4, 0.5) is 8.78 Å². The maximum absolute atomic E-state index is 13.4. The van der Waals surface area contributed by atoms with Crippen LogP contribution < -0.4 is 0 Å². The first-order chi connectivity index (χ1) is 14.3. The predicted octanol–water partition coefficient (Wildman–Crippen LogP) is 4.72. The molecule has 4 aliphatic carbocycles. The summed E-state index contributed by atoms with van der Waals surface area (Å²) in [4.78, 5) is 17.2. The molecule has 6 heteroatoms. The van der Waals surface area contributed by atoms with Gasteiger partial charge in [-0.1, -0.05) is 6.92 Å². The second kappa shape index (κ2) is 7.39. The smallest absolute Gasteiger partial charge is 0.266 e. The number of ketones is 1. The first-order valence-electron chi connectivity index (χ1n) is 11.8. The number of Topliss-reactive ketones (excluding diaryl/α,β-unsaturated/α-hetero) is 1. The van der Waals surface area contributed by atoms with Crippen LogP contribution in [-0.4, -0.2) is 32.5 Å². The van der Waals surface area contributed by atoms with Crippen molar-refractivity contribution < 1.29 is 18.7 Å². The highest BCUT2D eigenvalue weighted by molar-refractivity contribution is 5.82. The molecule has 0 bridgehead atoms. The second-order valence-electron chi connectivity index (χ2n) is 11.0. The van der Waals surface area contributed by atoms with Gasteiger partial charge in [-0.3, -0.25) is 4.79 Å². The van der Waals surface area contributed by atoms with Gasteiger partial charge in [0, 0.05) is 18.3 Å². The van der Waals surface area contributed by atoms with Crippen molar-refractivity contribution in [3.63, 3.8) is 0 Å². The van der Waals surface area contributed by atoms with Gasteiger partial charge >= 0.3 is 0 Å². The van der Waals surface area contributed by atoms with E-state index < -0.39 is 12.0 Å². The first kappa shape index (κ1) is 20.6. The Morgan fingerprint density at radius 1 is 1.13 bits per heavy atom. The van der Waals surface area contributed by atoms with E-state index in [-0.39, 0.29) is 30.1 Å². The Morgan fingerprint density at radius 3 is 2.67 bits per heavy atom. The summed E-state index contributed by atoms with van der Waals surface area (Å²) in [5.41, 5.74) is -1.70. The normalized spacial score (nSPS) is 45.6. The van der Waals surface area contributed by atoms with Crippen molar-refractivity contribution in [2.24, 2.45) is 40.9 Å². The fourth-order valence-electron chi connectivity index (χ4n) is 8.31. The Balaban J connectivity index is 1.30. The second-order valence-corrected chi connectivity index (χ2v) is 11.0. The van der Waals surface area contributed by atoms with Crippen molar-refractivity contribution in [2.45, 2.75) is 83.3 Å². The monoisotopic (exact) mass is 420 g/mol. The zero-order valence-corrected chi connectivity index (χ0v) is 17.9.